The zero-order valence-electron chi connectivity index (χ0n) is 14.6. The number of para-hydroxylation sites is 2. The van der Waals surface area contributed by atoms with Crippen molar-refractivity contribution in [2.75, 3.05) is 12.0 Å². The fourth-order valence-corrected chi connectivity index (χ4v) is 3.18. The number of carbonyl (C=O) groups is 1. The number of aromatic nitrogens is 3. The summed E-state index contributed by atoms with van der Waals surface area (Å²) in [6.07, 6.45) is 4.15. The molecule has 25 heavy (non-hydrogen) atoms. The van der Waals surface area contributed by atoms with Gasteiger partial charge in [0.15, 0.2) is 12.1 Å². The molecule has 1 atom stereocenters. The van der Waals surface area contributed by atoms with Crippen molar-refractivity contribution in [2.45, 2.75) is 32.2 Å². The highest BCUT2D eigenvalue weighted by molar-refractivity contribution is 7.98. The molecule has 2 aromatic heterocycles. The van der Waals surface area contributed by atoms with Crippen LogP contribution in [0.1, 0.15) is 54.3 Å². The van der Waals surface area contributed by atoms with Gasteiger partial charge in [0.2, 0.25) is 0 Å². The molecule has 0 bridgehead atoms. The van der Waals surface area contributed by atoms with Gasteiger partial charge >= 0.3 is 0 Å². The van der Waals surface area contributed by atoms with Crippen LogP contribution in [-0.2, 0) is 0 Å². The Balaban J connectivity index is 1.85. The third-order valence-electron chi connectivity index (χ3n) is 3.99. The molecule has 7 heteroatoms. The molecule has 0 fully saturated rings. The van der Waals surface area contributed by atoms with E-state index in [0.29, 0.717) is 11.5 Å². The molecular weight excluding hydrogens is 336 g/mol. The monoisotopic (exact) mass is 358 g/mol. The second-order valence-electron chi connectivity index (χ2n) is 6.17. The van der Waals surface area contributed by atoms with Crippen LogP contribution in [0, 0.1) is 0 Å². The van der Waals surface area contributed by atoms with Gasteiger partial charge in [-0.1, -0.05) is 26.0 Å². The second kappa shape index (κ2) is 7.74. The Morgan fingerprint density at radius 1 is 1.36 bits per heavy atom. The number of aromatic amines is 1. The lowest BCUT2D eigenvalue weighted by Gasteiger charge is -2.16. The number of rotatable bonds is 7. The van der Waals surface area contributed by atoms with E-state index in [1.165, 1.54) is 6.39 Å². The van der Waals surface area contributed by atoms with Gasteiger partial charge in [0.1, 0.15) is 11.6 Å². The summed E-state index contributed by atoms with van der Waals surface area (Å²) in [5.41, 5.74) is 2.20. The second-order valence-corrected chi connectivity index (χ2v) is 7.15. The van der Waals surface area contributed by atoms with Crippen LogP contribution in [0.2, 0.25) is 0 Å². The summed E-state index contributed by atoms with van der Waals surface area (Å²) in [6.45, 7) is 3.95. The lowest BCUT2D eigenvalue weighted by Crippen LogP contribution is -2.30. The molecule has 0 aliphatic rings. The molecule has 0 aliphatic carbocycles. The van der Waals surface area contributed by atoms with Crippen LogP contribution in [0.4, 0.5) is 0 Å². The summed E-state index contributed by atoms with van der Waals surface area (Å²) < 4.78 is 5.36. The minimum Gasteiger partial charge on any atom is -0.447 e. The van der Waals surface area contributed by atoms with Gasteiger partial charge in [-0.25, -0.2) is 9.97 Å². The predicted molar refractivity (Wildman–Crippen MR) is 99.9 cm³/mol. The Bertz CT molecular complexity index is 823. The summed E-state index contributed by atoms with van der Waals surface area (Å²) in [4.78, 5) is 24.8. The van der Waals surface area contributed by atoms with Crippen molar-refractivity contribution in [3.8, 4) is 0 Å². The van der Waals surface area contributed by atoms with E-state index in [0.717, 1.165) is 29.0 Å². The number of H-pyrrole nitrogens is 1. The van der Waals surface area contributed by atoms with Gasteiger partial charge in [-0.05, 0) is 30.6 Å². The highest BCUT2D eigenvalue weighted by Crippen LogP contribution is 2.22. The van der Waals surface area contributed by atoms with E-state index in [2.05, 4.69) is 20.3 Å². The number of amides is 1. The highest BCUT2D eigenvalue weighted by Gasteiger charge is 2.24. The van der Waals surface area contributed by atoms with Gasteiger partial charge in [-0.3, -0.25) is 4.79 Å². The lowest BCUT2D eigenvalue weighted by molar-refractivity contribution is 0.0927. The molecule has 0 aliphatic heterocycles. The normalized spacial score (nSPS) is 12.6. The van der Waals surface area contributed by atoms with Crippen LogP contribution in [0.25, 0.3) is 11.0 Å². The average molecular weight is 358 g/mol. The van der Waals surface area contributed by atoms with Crippen LogP contribution >= 0.6 is 11.8 Å². The van der Waals surface area contributed by atoms with Crippen LogP contribution in [0.5, 0.6) is 0 Å². The quantitative estimate of drug-likeness (QED) is 0.669. The minimum atomic E-state index is -0.232. The molecule has 1 amide bonds. The van der Waals surface area contributed by atoms with E-state index < -0.39 is 0 Å². The zero-order valence-corrected chi connectivity index (χ0v) is 15.4. The number of imidazole rings is 1. The topological polar surface area (TPSA) is 83.8 Å². The van der Waals surface area contributed by atoms with Gasteiger partial charge in [0.05, 0.1) is 17.1 Å². The van der Waals surface area contributed by atoms with Gasteiger partial charge in [-0.15, -0.1) is 0 Å². The summed E-state index contributed by atoms with van der Waals surface area (Å²) in [6, 6.07) is 7.64. The Morgan fingerprint density at radius 3 is 2.88 bits per heavy atom. The average Bonchev–Trinajstić information content (AvgIpc) is 3.24. The van der Waals surface area contributed by atoms with Crippen molar-refractivity contribution >= 4 is 28.7 Å². The van der Waals surface area contributed by atoms with Crippen molar-refractivity contribution in [3.63, 3.8) is 0 Å². The molecule has 6 nitrogen and oxygen atoms in total. The maximum atomic E-state index is 12.7. The first-order valence-corrected chi connectivity index (χ1v) is 9.67. The lowest BCUT2D eigenvalue weighted by atomic mass is 10.1. The molecule has 0 unspecified atom stereocenters. The van der Waals surface area contributed by atoms with E-state index in [-0.39, 0.29) is 17.9 Å². The number of nitrogens with one attached hydrogen (secondary N) is 2. The number of fused-ring (bicyclic) bond motifs is 1. The maximum absolute atomic E-state index is 12.7. The standard InChI is InChI=1S/C18H22N4O2S/c1-11(2)16-15(19-10-24-16)18(23)22-14(8-9-25-3)17-20-12-6-4-5-7-13(12)21-17/h4-7,10-11,14H,8-9H2,1-3H3,(H,20,21)(H,22,23)/t14-/m1/s1. The molecule has 132 valence electrons. The fourth-order valence-electron chi connectivity index (χ4n) is 2.71. The van der Waals surface area contributed by atoms with Crippen LogP contribution in [-0.4, -0.2) is 32.9 Å². The first kappa shape index (κ1) is 17.5. The third kappa shape index (κ3) is 3.87. The Morgan fingerprint density at radius 2 is 2.16 bits per heavy atom. The summed E-state index contributed by atoms with van der Waals surface area (Å²) >= 11 is 1.74. The Labute approximate surface area is 150 Å². The number of hydrogen-bond donors (Lipinski definition) is 2. The molecule has 0 radical (unpaired) electrons. The van der Waals surface area contributed by atoms with Crippen molar-refractivity contribution < 1.29 is 9.21 Å². The molecule has 1 aromatic carbocycles. The summed E-state index contributed by atoms with van der Waals surface area (Å²) in [5.74, 6) is 2.14. The Kier molecular flexibility index (Phi) is 5.43. The summed E-state index contributed by atoms with van der Waals surface area (Å²) in [5, 5.41) is 3.06. The van der Waals surface area contributed by atoms with Crippen molar-refractivity contribution in [1.29, 1.82) is 0 Å². The third-order valence-corrected chi connectivity index (χ3v) is 4.63. The molecule has 0 saturated heterocycles. The van der Waals surface area contributed by atoms with E-state index in [1.807, 2.05) is 44.4 Å². The number of thioether (sulfide) groups is 1. The van der Waals surface area contributed by atoms with Gasteiger partial charge in [-0.2, -0.15) is 11.8 Å². The SMILES string of the molecule is CSCC[C@@H](NC(=O)c1ncoc1C(C)C)c1nc2ccccc2[nH]1. The fraction of sp³-hybridized carbons (Fsp3) is 0.389. The number of carbonyl (C=O) groups excluding carboxylic acids is 1. The minimum absolute atomic E-state index is 0.0964. The molecule has 3 aromatic rings. The van der Waals surface area contributed by atoms with Crippen molar-refractivity contribution in [2.24, 2.45) is 0 Å². The van der Waals surface area contributed by atoms with Crippen molar-refractivity contribution in [3.05, 3.63) is 47.9 Å². The van der Waals surface area contributed by atoms with E-state index >= 15 is 0 Å². The number of benzene rings is 1. The van der Waals surface area contributed by atoms with Crippen LogP contribution < -0.4 is 5.32 Å². The number of hydrogen-bond acceptors (Lipinski definition) is 5. The maximum Gasteiger partial charge on any atom is 0.274 e. The molecule has 3 rings (SSSR count). The molecule has 2 heterocycles. The van der Waals surface area contributed by atoms with Gasteiger partial charge in [0, 0.05) is 5.92 Å². The van der Waals surface area contributed by atoms with Crippen molar-refractivity contribution in [1.82, 2.24) is 20.3 Å². The molecule has 2 N–H and O–H groups in total. The first-order chi connectivity index (χ1) is 12.1. The first-order valence-electron chi connectivity index (χ1n) is 8.28. The largest absolute Gasteiger partial charge is 0.447 e. The van der Waals surface area contributed by atoms with E-state index in [4.69, 9.17) is 4.42 Å². The van der Waals surface area contributed by atoms with E-state index in [9.17, 15) is 4.79 Å². The number of nitrogens with zero attached hydrogens (tertiary/aromatic N) is 2. The highest BCUT2D eigenvalue weighted by atomic mass is 32.2. The predicted octanol–water partition coefficient (Wildman–Crippen LogP) is 3.90. The summed E-state index contributed by atoms with van der Waals surface area (Å²) in [7, 11) is 0. The van der Waals surface area contributed by atoms with Crippen LogP contribution in [0.3, 0.4) is 0 Å². The van der Waals surface area contributed by atoms with Crippen LogP contribution in [0.15, 0.2) is 35.1 Å². The van der Waals surface area contributed by atoms with Gasteiger partial charge in [0.25, 0.3) is 5.91 Å². The molecule has 0 saturated carbocycles. The van der Waals surface area contributed by atoms with Gasteiger partial charge < -0.3 is 14.7 Å². The molecule has 0 spiro atoms. The van der Waals surface area contributed by atoms with E-state index in [1.54, 1.807) is 11.8 Å². The number of oxazole rings is 1. The zero-order chi connectivity index (χ0) is 17.8. The molecular formula is C18H22N4O2S. The smallest absolute Gasteiger partial charge is 0.274 e. The Hall–Kier alpha value is -2.28.